The predicted octanol–water partition coefficient (Wildman–Crippen LogP) is -0.546. The van der Waals surface area contributed by atoms with Crippen LogP contribution in [0.2, 0.25) is 0 Å². The molecule has 6 N–H and O–H groups in total. The summed E-state index contributed by atoms with van der Waals surface area (Å²) >= 11 is 1.13. The molecule has 14 heavy (non-hydrogen) atoms. The van der Waals surface area contributed by atoms with Gasteiger partial charge in [-0.3, -0.25) is 10.2 Å². The molecule has 0 aromatic rings. The van der Waals surface area contributed by atoms with Gasteiger partial charge in [0.05, 0.1) is 0 Å². The van der Waals surface area contributed by atoms with E-state index in [1.807, 2.05) is 6.92 Å². The van der Waals surface area contributed by atoms with E-state index in [9.17, 15) is 4.79 Å². The number of nitrogens with two attached hydrogens (primary N) is 2. The van der Waals surface area contributed by atoms with Crippen LogP contribution >= 0.6 is 11.8 Å². The maximum absolute atomic E-state index is 11.0. The van der Waals surface area contributed by atoms with Gasteiger partial charge in [0.15, 0.2) is 11.1 Å². The number of amides is 1. The van der Waals surface area contributed by atoms with Crippen molar-refractivity contribution >= 4 is 28.8 Å². The van der Waals surface area contributed by atoms with Crippen LogP contribution in [0.3, 0.4) is 0 Å². The Morgan fingerprint density at radius 3 is 2.71 bits per heavy atom. The number of aliphatic imine (C=N–C) groups is 1. The van der Waals surface area contributed by atoms with Crippen molar-refractivity contribution < 1.29 is 4.79 Å². The SMILES string of the molecule is CCNC(=O)CCSC(=N)N=C(N)N. The lowest BCUT2D eigenvalue weighted by Crippen LogP contribution is -2.24. The van der Waals surface area contributed by atoms with Crippen LogP contribution < -0.4 is 16.8 Å². The number of hydrogen-bond acceptors (Lipinski definition) is 3. The molecule has 80 valence electrons. The molecule has 0 fully saturated rings. The van der Waals surface area contributed by atoms with E-state index in [1.165, 1.54) is 0 Å². The molecule has 0 aromatic heterocycles. The molecule has 0 radical (unpaired) electrons. The molecule has 0 aliphatic heterocycles. The molecule has 0 atom stereocenters. The zero-order valence-corrected chi connectivity index (χ0v) is 8.86. The number of guanidine groups is 1. The minimum Gasteiger partial charge on any atom is -0.370 e. The lowest BCUT2D eigenvalue weighted by atomic mass is 10.4. The Labute approximate surface area is 87.0 Å². The van der Waals surface area contributed by atoms with Gasteiger partial charge in [0, 0.05) is 18.7 Å². The highest BCUT2D eigenvalue weighted by atomic mass is 32.2. The quantitative estimate of drug-likeness (QED) is 0.373. The topological polar surface area (TPSA) is 117 Å². The van der Waals surface area contributed by atoms with Crippen molar-refractivity contribution in [2.24, 2.45) is 16.5 Å². The second-order valence-corrected chi connectivity index (χ2v) is 3.48. The largest absolute Gasteiger partial charge is 0.370 e. The van der Waals surface area contributed by atoms with Crippen molar-refractivity contribution in [3.8, 4) is 0 Å². The molecule has 0 unspecified atom stereocenters. The number of nitrogens with zero attached hydrogens (tertiary/aromatic N) is 1. The summed E-state index contributed by atoms with van der Waals surface area (Å²) < 4.78 is 0. The van der Waals surface area contributed by atoms with Crippen molar-refractivity contribution in [1.82, 2.24) is 5.32 Å². The van der Waals surface area contributed by atoms with Gasteiger partial charge in [-0.2, -0.15) is 4.99 Å². The van der Waals surface area contributed by atoms with Crippen molar-refractivity contribution in [3.05, 3.63) is 0 Å². The van der Waals surface area contributed by atoms with E-state index < -0.39 is 0 Å². The minimum absolute atomic E-state index is 0.0225. The van der Waals surface area contributed by atoms with Crippen molar-refractivity contribution in [1.29, 1.82) is 5.41 Å². The van der Waals surface area contributed by atoms with Crippen LogP contribution in [0.15, 0.2) is 4.99 Å². The number of hydrogen-bond donors (Lipinski definition) is 4. The zero-order chi connectivity index (χ0) is 11.0. The molecule has 0 aliphatic rings. The fraction of sp³-hybridized carbons (Fsp3) is 0.571. The third-order valence-electron chi connectivity index (χ3n) is 1.17. The second kappa shape index (κ2) is 7.19. The van der Waals surface area contributed by atoms with Crippen LogP contribution in [0, 0.1) is 5.41 Å². The van der Waals surface area contributed by atoms with Crippen LogP contribution in [0.25, 0.3) is 0 Å². The highest BCUT2D eigenvalue weighted by Gasteiger charge is 2.01. The first-order valence-electron chi connectivity index (χ1n) is 4.14. The molecule has 0 rings (SSSR count). The lowest BCUT2D eigenvalue weighted by molar-refractivity contribution is -0.120. The molecule has 0 spiro atoms. The van der Waals surface area contributed by atoms with Crippen LogP contribution in [-0.2, 0) is 4.79 Å². The van der Waals surface area contributed by atoms with Gasteiger partial charge < -0.3 is 16.8 Å². The monoisotopic (exact) mass is 217 g/mol. The summed E-state index contributed by atoms with van der Waals surface area (Å²) in [6, 6.07) is 0. The molecule has 0 aromatic carbocycles. The predicted molar refractivity (Wildman–Crippen MR) is 59.3 cm³/mol. The van der Waals surface area contributed by atoms with Crippen molar-refractivity contribution in [3.63, 3.8) is 0 Å². The highest BCUT2D eigenvalue weighted by molar-refractivity contribution is 8.13. The summed E-state index contributed by atoms with van der Waals surface area (Å²) in [6.45, 7) is 2.47. The number of carbonyl (C=O) groups is 1. The number of thioether (sulfide) groups is 1. The maximum Gasteiger partial charge on any atom is 0.220 e. The Kier molecular flexibility index (Phi) is 6.55. The average Bonchev–Trinajstić information content (AvgIpc) is 2.02. The molecule has 1 amide bonds. The maximum atomic E-state index is 11.0. The van der Waals surface area contributed by atoms with Crippen LogP contribution in [0.5, 0.6) is 0 Å². The van der Waals surface area contributed by atoms with Gasteiger partial charge in [-0.05, 0) is 6.92 Å². The Bertz CT molecular complexity index is 236. The number of rotatable bonds is 4. The summed E-state index contributed by atoms with van der Waals surface area (Å²) in [5.74, 6) is 0.333. The Balaban J connectivity index is 3.59. The van der Waals surface area contributed by atoms with Crippen LogP contribution in [0.4, 0.5) is 0 Å². The van der Waals surface area contributed by atoms with E-state index in [-0.39, 0.29) is 17.0 Å². The summed E-state index contributed by atoms with van der Waals surface area (Å²) in [7, 11) is 0. The van der Waals surface area contributed by atoms with E-state index in [0.29, 0.717) is 18.7 Å². The summed E-state index contributed by atoms with van der Waals surface area (Å²) in [5.41, 5.74) is 10.1. The van der Waals surface area contributed by atoms with Crippen molar-refractivity contribution in [2.75, 3.05) is 12.3 Å². The number of nitrogens with one attached hydrogen (secondary N) is 2. The second-order valence-electron chi connectivity index (χ2n) is 2.39. The van der Waals surface area contributed by atoms with E-state index in [0.717, 1.165) is 11.8 Å². The summed E-state index contributed by atoms with van der Waals surface area (Å²) in [6.07, 6.45) is 0.362. The molecule has 0 aliphatic carbocycles. The van der Waals surface area contributed by atoms with Crippen LogP contribution in [-0.4, -0.2) is 29.3 Å². The fourth-order valence-corrected chi connectivity index (χ4v) is 1.33. The number of carbonyl (C=O) groups excluding carboxylic acids is 1. The standard InChI is InChI=1S/C7H15N5OS/c1-2-11-5(13)3-4-14-7(10)12-6(8)9/h2-4H2,1H3,(H,11,13)(H5,8,9,10,12). The number of amidine groups is 1. The van der Waals surface area contributed by atoms with Gasteiger partial charge in [0.25, 0.3) is 0 Å². The first-order valence-corrected chi connectivity index (χ1v) is 5.12. The van der Waals surface area contributed by atoms with Gasteiger partial charge in [-0.1, -0.05) is 11.8 Å². The normalized spacial score (nSPS) is 9.21. The summed E-state index contributed by atoms with van der Waals surface area (Å²) in [5, 5.41) is 9.92. The first kappa shape index (κ1) is 12.8. The Morgan fingerprint density at radius 2 is 2.21 bits per heavy atom. The van der Waals surface area contributed by atoms with Crippen molar-refractivity contribution in [2.45, 2.75) is 13.3 Å². The molecule has 0 saturated carbocycles. The summed E-state index contributed by atoms with van der Waals surface area (Å²) in [4.78, 5) is 14.5. The third kappa shape index (κ3) is 7.41. The third-order valence-corrected chi connectivity index (χ3v) is 1.95. The molecular formula is C7H15N5OS. The minimum atomic E-state index is -0.138. The van der Waals surface area contributed by atoms with E-state index in [2.05, 4.69) is 10.3 Å². The molecule has 0 heterocycles. The van der Waals surface area contributed by atoms with Crippen LogP contribution in [0.1, 0.15) is 13.3 Å². The lowest BCUT2D eigenvalue weighted by Gasteiger charge is -2.00. The highest BCUT2D eigenvalue weighted by Crippen LogP contribution is 2.04. The van der Waals surface area contributed by atoms with Gasteiger partial charge in [-0.25, -0.2) is 0 Å². The molecular weight excluding hydrogens is 202 g/mol. The Hall–Kier alpha value is -1.24. The van der Waals surface area contributed by atoms with Gasteiger partial charge in [-0.15, -0.1) is 0 Å². The van der Waals surface area contributed by atoms with Gasteiger partial charge in [0.1, 0.15) is 0 Å². The van der Waals surface area contributed by atoms with Gasteiger partial charge in [0.2, 0.25) is 5.91 Å². The van der Waals surface area contributed by atoms with E-state index >= 15 is 0 Å². The fourth-order valence-electron chi connectivity index (χ4n) is 0.675. The smallest absolute Gasteiger partial charge is 0.220 e. The molecule has 0 saturated heterocycles. The molecule has 7 heteroatoms. The van der Waals surface area contributed by atoms with E-state index in [4.69, 9.17) is 16.9 Å². The average molecular weight is 217 g/mol. The van der Waals surface area contributed by atoms with Gasteiger partial charge >= 0.3 is 0 Å². The first-order chi connectivity index (χ1) is 6.56. The zero-order valence-electron chi connectivity index (χ0n) is 8.04. The Morgan fingerprint density at radius 1 is 1.57 bits per heavy atom. The molecule has 0 bridgehead atoms. The molecule has 6 nitrogen and oxygen atoms in total. The van der Waals surface area contributed by atoms with E-state index in [1.54, 1.807) is 0 Å².